The lowest BCUT2D eigenvalue weighted by Gasteiger charge is -2.24. The third-order valence-corrected chi connectivity index (χ3v) is 5.66. The highest BCUT2D eigenvalue weighted by molar-refractivity contribution is 5.68. The maximum Gasteiger partial charge on any atom is 0.351 e. The molecule has 3 aromatic rings. The van der Waals surface area contributed by atoms with Crippen LogP contribution in [0.1, 0.15) is 11.1 Å². The molecular weight excluding hydrogens is 418 g/mol. The van der Waals surface area contributed by atoms with Crippen molar-refractivity contribution in [1.82, 2.24) is 9.55 Å². The van der Waals surface area contributed by atoms with E-state index in [0.717, 1.165) is 28.9 Å². The third-order valence-electron chi connectivity index (χ3n) is 5.66. The van der Waals surface area contributed by atoms with E-state index in [9.17, 15) is 4.79 Å². The third kappa shape index (κ3) is 5.08. The van der Waals surface area contributed by atoms with Crippen LogP contribution in [-0.4, -0.2) is 48.6 Å². The molecule has 0 spiro atoms. The highest BCUT2D eigenvalue weighted by atomic mass is 16.6. The molecule has 7 nitrogen and oxygen atoms in total. The SMILES string of the molecule is O=c1nc(OCC2COCCO2)cc2n1CCc1cc(C#CCNc3ccccc3)ccc1-2. The van der Waals surface area contributed by atoms with E-state index >= 15 is 0 Å². The number of nitrogens with zero attached hydrogens (tertiary/aromatic N) is 2. The minimum Gasteiger partial charge on any atom is -0.475 e. The largest absolute Gasteiger partial charge is 0.475 e. The number of para-hydroxylation sites is 1. The first kappa shape index (κ1) is 21.3. The van der Waals surface area contributed by atoms with Gasteiger partial charge in [0.2, 0.25) is 5.88 Å². The number of fused-ring (bicyclic) bond motifs is 3. The fourth-order valence-electron chi connectivity index (χ4n) is 4.02. The summed E-state index contributed by atoms with van der Waals surface area (Å²) in [6, 6.07) is 18.0. The van der Waals surface area contributed by atoms with Crippen molar-refractivity contribution in [3.63, 3.8) is 0 Å². The Morgan fingerprint density at radius 1 is 1.15 bits per heavy atom. The number of anilines is 1. The van der Waals surface area contributed by atoms with Crippen LogP contribution in [0.4, 0.5) is 5.69 Å². The van der Waals surface area contributed by atoms with Crippen LogP contribution in [0, 0.1) is 11.8 Å². The molecule has 33 heavy (non-hydrogen) atoms. The van der Waals surface area contributed by atoms with Gasteiger partial charge in [0.05, 0.1) is 32.1 Å². The number of benzene rings is 2. The Labute approximate surface area is 192 Å². The van der Waals surface area contributed by atoms with E-state index in [1.54, 1.807) is 4.57 Å². The van der Waals surface area contributed by atoms with Crippen molar-refractivity contribution in [2.75, 3.05) is 38.3 Å². The summed E-state index contributed by atoms with van der Waals surface area (Å²) in [6.07, 6.45) is 0.610. The Kier molecular flexibility index (Phi) is 6.38. The van der Waals surface area contributed by atoms with Gasteiger partial charge in [-0.1, -0.05) is 36.1 Å². The van der Waals surface area contributed by atoms with Crippen molar-refractivity contribution in [3.8, 4) is 29.0 Å². The van der Waals surface area contributed by atoms with Crippen LogP contribution in [-0.2, 0) is 22.4 Å². The molecule has 2 aliphatic heterocycles. The molecule has 2 aliphatic rings. The molecule has 1 unspecified atom stereocenters. The van der Waals surface area contributed by atoms with Crippen LogP contribution in [0.3, 0.4) is 0 Å². The number of aryl methyl sites for hydroxylation is 1. The molecule has 168 valence electrons. The van der Waals surface area contributed by atoms with Gasteiger partial charge in [-0.3, -0.25) is 4.57 Å². The van der Waals surface area contributed by atoms with E-state index in [1.807, 2.05) is 48.5 Å². The Bertz CT molecular complexity index is 1240. The number of ether oxygens (including phenoxy) is 3. The van der Waals surface area contributed by atoms with E-state index in [0.29, 0.717) is 45.4 Å². The average Bonchev–Trinajstić information content (AvgIpc) is 2.86. The zero-order chi connectivity index (χ0) is 22.5. The van der Waals surface area contributed by atoms with Gasteiger partial charge in [0.15, 0.2) is 0 Å². The van der Waals surface area contributed by atoms with Gasteiger partial charge in [0.1, 0.15) is 12.7 Å². The summed E-state index contributed by atoms with van der Waals surface area (Å²) in [4.78, 5) is 16.7. The lowest BCUT2D eigenvalue weighted by molar-refractivity contribution is -0.102. The van der Waals surface area contributed by atoms with Crippen molar-refractivity contribution in [1.29, 1.82) is 0 Å². The molecule has 0 saturated carbocycles. The molecule has 1 atom stereocenters. The first-order valence-corrected chi connectivity index (χ1v) is 11.1. The molecule has 1 N–H and O–H groups in total. The van der Waals surface area contributed by atoms with Crippen molar-refractivity contribution < 1.29 is 14.2 Å². The van der Waals surface area contributed by atoms with Gasteiger partial charge in [-0.05, 0) is 36.2 Å². The topological polar surface area (TPSA) is 74.6 Å². The van der Waals surface area contributed by atoms with E-state index in [2.05, 4.69) is 28.2 Å². The summed E-state index contributed by atoms with van der Waals surface area (Å²) in [5, 5.41) is 3.29. The smallest absolute Gasteiger partial charge is 0.351 e. The number of hydrogen-bond donors (Lipinski definition) is 1. The van der Waals surface area contributed by atoms with Crippen molar-refractivity contribution in [2.45, 2.75) is 19.1 Å². The molecule has 0 amide bonds. The van der Waals surface area contributed by atoms with E-state index in [4.69, 9.17) is 14.2 Å². The van der Waals surface area contributed by atoms with Crippen LogP contribution in [0.2, 0.25) is 0 Å². The van der Waals surface area contributed by atoms with E-state index in [1.165, 1.54) is 5.56 Å². The van der Waals surface area contributed by atoms with Crippen molar-refractivity contribution in [3.05, 3.63) is 76.2 Å². The van der Waals surface area contributed by atoms with Crippen molar-refractivity contribution >= 4 is 5.69 Å². The van der Waals surface area contributed by atoms with E-state index < -0.39 is 0 Å². The summed E-state index contributed by atoms with van der Waals surface area (Å²) in [6.45, 7) is 3.09. The zero-order valence-corrected chi connectivity index (χ0v) is 18.3. The first-order chi connectivity index (χ1) is 16.3. The predicted octanol–water partition coefficient (Wildman–Crippen LogP) is 2.72. The van der Waals surface area contributed by atoms with E-state index in [-0.39, 0.29) is 11.8 Å². The Hall–Kier alpha value is -3.60. The minimum atomic E-state index is -0.301. The average molecular weight is 444 g/mol. The second-order valence-corrected chi connectivity index (χ2v) is 7.94. The summed E-state index contributed by atoms with van der Waals surface area (Å²) < 4.78 is 18.5. The maximum atomic E-state index is 12.6. The van der Waals surface area contributed by atoms with Gasteiger partial charge < -0.3 is 19.5 Å². The molecule has 3 heterocycles. The molecule has 0 bridgehead atoms. The van der Waals surface area contributed by atoms with Crippen molar-refractivity contribution in [2.24, 2.45) is 0 Å². The standard InChI is InChI=1S/C26H25N3O4/c30-26-28-25(33-18-22-17-31-13-14-32-22)16-24-23-9-8-19(15-20(23)10-12-29(24)26)5-4-11-27-21-6-2-1-3-7-21/h1-3,6-9,15-16,22,27H,10-14,17-18H2. The molecule has 0 radical (unpaired) electrons. The number of nitrogens with one attached hydrogen (secondary N) is 1. The van der Waals surface area contributed by atoms with Crippen LogP contribution in [0.15, 0.2) is 59.4 Å². The van der Waals surface area contributed by atoms with Gasteiger partial charge in [-0.15, -0.1) is 0 Å². The molecule has 5 rings (SSSR count). The Balaban J connectivity index is 1.31. The number of aromatic nitrogens is 2. The normalized spacial score (nSPS) is 16.7. The van der Waals surface area contributed by atoms with Crippen LogP contribution in [0.25, 0.3) is 11.3 Å². The molecular formula is C26H25N3O4. The summed E-state index contributed by atoms with van der Waals surface area (Å²) in [7, 11) is 0. The lowest BCUT2D eigenvalue weighted by Crippen LogP contribution is -2.34. The summed E-state index contributed by atoms with van der Waals surface area (Å²) >= 11 is 0. The Morgan fingerprint density at radius 2 is 2.06 bits per heavy atom. The fraction of sp³-hybridized carbons (Fsp3) is 0.308. The molecule has 1 saturated heterocycles. The fourth-order valence-corrected chi connectivity index (χ4v) is 4.02. The number of hydrogen-bond acceptors (Lipinski definition) is 6. The monoisotopic (exact) mass is 443 g/mol. The quantitative estimate of drug-likeness (QED) is 0.612. The van der Waals surface area contributed by atoms with Gasteiger partial charge in [-0.2, -0.15) is 4.98 Å². The van der Waals surface area contributed by atoms with Gasteiger partial charge in [0.25, 0.3) is 0 Å². The lowest BCUT2D eigenvalue weighted by atomic mass is 9.95. The molecule has 7 heteroatoms. The Morgan fingerprint density at radius 3 is 2.91 bits per heavy atom. The predicted molar refractivity (Wildman–Crippen MR) is 126 cm³/mol. The second kappa shape index (κ2) is 9.90. The van der Waals surface area contributed by atoms with Crippen LogP contribution >= 0.6 is 0 Å². The van der Waals surface area contributed by atoms with Gasteiger partial charge in [-0.25, -0.2) is 4.79 Å². The minimum absolute atomic E-state index is 0.149. The summed E-state index contributed by atoms with van der Waals surface area (Å²) in [5.41, 5.74) is 4.70. The highest BCUT2D eigenvalue weighted by Crippen LogP contribution is 2.30. The van der Waals surface area contributed by atoms with Gasteiger partial charge in [0, 0.05) is 29.4 Å². The van der Waals surface area contributed by atoms with Crippen LogP contribution in [0.5, 0.6) is 5.88 Å². The molecule has 1 fully saturated rings. The molecule has 1 aromatic heterocycles. The maximum absolute atomic E-state index is 12.6. The zero-order valence-electron chi connectivity index (χ0n) is 18.3. The number of rotatable bonds is 5. The highest BCUT2D eigenvalue weighted by Gasteiger charge is 2.20. The molecule has 0 aliphatic carbocycles. The summed E-state index contributed by atoms with van der Waals surface area (Å²) in [5.74, 6) is 6.71. The van der Waals surface area contributed by atoms with Crippen LogP contribution < -0.4 is 15.7 Å². The van der Waals surface area contributed by atoms with Gasteiger partial charge >= 0.3 is 5.69 Å². The second-order valence-electron chi connectivity index (χ2n) is 7.94. The molecule has 2 aromatic carbocycles. The first-order valence-electron chi connectivity index (χ1n) is 11.1.